The van der Waals surface area contributed by atoms with Gasteiger partial charge in [0.2, 0.25) is 0 Å². The summed E-state index contributed by atoms with van der Waals surface area (Å²) in [5.74, 6) is 0. The van der Waals surface area contributed by atoms with Crippen molar-refractivity contribution < 1.29 is 0 Å². The lowest BCUT2D eigenvalue weighted by Crippen LogP contribution is -2.19. The molecule has 3 aliphatic rings. The first-order valence-electron chi connectivity index (χ1n) is 13.0. The highest BCUT2D eigenvalue weighted by atomic mass is 14.5. The Morgan fingerprint density at radius 2 is 1.68 bits per heavy atom. The molecule has 1 heteroatoms. The van der Waals surface area contributed by atoms with Crippen LogP contribution in [0.15, 0.2) is 132 Å². The predicted molar refractivity (Wildman–Crippen MR) is 150 cm³/mol. The molecule has 0 heterocycles. The van der Waals surface area contributed by atoms with Crippen molar-refractivity contribution >= 4 is 0 Å². The van der Waals surface area contributed by atoms with E-state index >= 15 is 0 Å². The first-order chi connectivity index (χ1) is 16.8. The monoisotopic (exact) mass is 451 g/mol. The fraction of sp³-hybridized carbons (Fsp3) is 0.333. The van der Waals surface area contributed by atoms with Gasteiger partial charge in [0.05, 0.1) is 0 Å². The quantitative estimate of drug-likeness (QED) is 0.366. The van der Waals surface area contributed by atoms with Crippen molar-refractivity contribution in [1.82, 2.24) is 0 Å². The lowest BCUT2D eigenvalue weighted by molar-refractivity contribution is 0.360. The third-order valence-electron chi connectivity index (χ3n) is 6.86. The van der Waals surface area contributed by atoms with Gasteiger partial charge in [-0.25, -0.2) is 0 Å². The van der Waals surface area contributed by atoms with Crippen molar-refractivity contribution in [2.75, 3.05) is 0 Å². The van der Waals surface area contributed by atoms with Crippen LogP contribution in [0.1, 0.15) is 64.2 Å². The molecule has 1 saturated carbocycles. The second-order valence-corrected chi connectivity index (χ2v) is 9.33. The summed E-state index contributed by atoms with van der Waals surface area (Å²) in [6.45, 7) is 0. The van der Waals surface area contributed by atoms with Gasteiger partial charge in [-0.2, -0.15) is 0 Å². The number of allylic oxidation sites excluding steroid dienone is 21. The smallest absolute Gasteiger partial charge is 0.00501 e. The number of rotatable bonds is 8. The molecule has 178 valence electrons. The minimum Gasteiger partial charge on any atom is -0.405 e. The van der Waals surface area contributed by atoms with E-state index in [1.165, 1.54) is 49.7 Å². The van der Waals surface area contributed by atoms with Crippen LogP contribution >= 0.6 is 0 Å². The van der Waals surface area contributed by atoms with Crippen molar-refractivity contribution in [3.05, 3.63) is 132 Å². The summed E-state index contributed by atoms with van der Waals surface area (Å²) in [5, 5.41) is 0. The molecule has 3 rings (SSSR count). The summed E-state index contributed by atoms with van der Waals surface area (Å²) in [6.07, 6.45) is 53.2. The molecule has 0 radical (unpaired) electrons. The first kappa shape index (κ1) is 25.6. The molecule has 0 aromatic rings. The molecule has 0 atom stereocenters. The van der Waals surface area contributed by atoms with E-state index in [2.05, 4.69) is 91.1 Å². The second kappa shape index (κ2) is 15.0. The Bertz CT molecular complexity index is 960. The lowest BCUT2D eigenvalue weighted by atomic mass is 9.73. The van der Waals surface area contributed by atoms with Crippen LogP contribution in [-0.2, 0) is 0 Å². The van der Waals surface area contributed by atoms with Crippen LogP contribution < -0.4 is 5.73 Å². The number of nitrogens with two attached hydrogens (primary N) is 1. The normalized spacial score (nSPS) is 24.6. The van der Waals surface area contributed by atoms with Crippen molar-refractivity contribution in [2.24, 2.45) is 11.1 Å². The van der Waals surface area contributed by atoms with Gasteiger partial charge in [0.25, 0.3) is 0 Å². The number of hydrogen-bond donors (Lipinski definition) is 1. The maximum atomic E-state index is 5.41. The zero-order chi connectivity index (χ0) is 23.7. The molecule has 0 amide bonds. The van der Waals surface area contributed by atoms with E-state index in [4.69, 9.17) is 5.73 Å². The molecular formula is C33H41N. The maximum absolute atomic E-state index is 5.41. The summed E-state index contributed by atoms with van der Waals surface area (Å²) >= 11 is 0. The second-order valence-electron chi connectivity index (χ2n) is 9.33. The van der Waals surface area contributed by atoms with E-state index in [0.717, 1.165) is 25.7 Å². The zero-order valence-corrected chi connectivity index (χ0v) is 20.6. The fourth-order valence-corrected chi connectivity index (χ4v) is 5.03. The molecule has 1 spiro atoms. The van der Waals surface area contributed by atoms with Crippen LogP contribution in [0.25, 0.3) is 0 Å². The molecule has 1 fully saturated rings. The maximum Gasteiger partial charge on any atom is -0.00501 e. The Kier molecular flexibility index (Phi) is 11.2. The Balaban J connectivity index is 1.81. The van der Waals surface area contributed by atoms with Crippen LogP contribution in [0.5, 0.6) is 0 Å². The van der Waals surface area contributed by atoms with Crippen LogP contribution in [0.3, 0.4) is 0 Å². The van der Waals surface area contributed by atoms with E-state index in [1.807, 2.05) is 18.2 Å². The molecule has 0 unspecified atom stereocenters. The third kappa shape index (κ3) is 8.71. The van der Waals surface area contributed by atoms with E-state index in [9.17, 15) is 0 Å². The largest absolute Gasteiger partial charge is 0.405 e. The predicted octanol–water partition coefficient (Wildman–Crippen LogP) is 9.06. The molecule has 0 aliphatic heterocycles. The molecule has 0 bridgehead atoms. The summed E-state index contributed by atoms with van der Waals surface area (Å²) in [6, 6.07) is 0. The first-order valence-corrected chi connectivity index (χ1v) is 13.0. The molecule has 3 aliphatic carbocycles. The van der Waals surface area contributed by atoms with Gasteiger partial charge in [-0.05, 0) is 80.2 Å². The summed E-state index contributed by atoms with van der Waals surface area (Å²) in [7, 11) is 0. The van der Waals surface area contributed by atoms with Crippen molar-refractivity contribution in [3.63, 3.8) is 0 Å². The molecule has 1 nitrogen and oxygen atoms in total. The highest BCUT2D eigenvalue weighted by molar-refractivity contribution is 5.40. The molecule has 0 aromatic carbocycles. The molecule has 34 heavy (non-hydrogen) atoms. The van der Waals surface area contributed by atoms with E-state index in [1.54, 1.807) is 11.8 Å². The minimum atomic E-state index is 0.334. The molecule has 0 aromatic heterocycles. The van der Waals surface area contributed by atoms with Crippen LogP contribution in [0.4, 0.5) is 0 Å². The third-order valence-corrected chi connectivity index (χ3v) is 6.86. The topological polar surface area (TPSA) is 26.0 Å². The Labute approximate surface area is 207 Å². The summed E-state index contributed by atoms with van der Waals surface area (Å²) < 4.78 is 0. The standard InChI is InChI=1S/C33H41N/c34-28-18-6-2-3-9-22-31(23-13-8-12-21-30-19-10-7-11-20-30)29-32-24-14-4-1-5-15-25-33(32)26-16-17-27-33/h1-6,8-10,12-13,15,18-20,22-23,28-29H,7,11,14,16-17,21,24-27,34H2/b4-1-,6-2+,9-3-,12-8+,15-5-,23-13-,28-18-,31-22+,32-29+. The highest BCUT2D eigenvalue weighted by Crippen LogP contribution is 2.49. The van der Waals surface area contributed by atoms with Gasteiger partial charge >= 0.3 is 0 Å². The Hall–Kier alpha value is -3.06. The summed E-state index contributed by atoms with van der Waals surface area (Å²) in [4.78, 5) is 0. The summed E-state index contributed by atoms with van der Waals surface area (Å²) in [5.41, 5.74) is 10.0. The SMILES string of the molecule is N/C=C\C=C\C=C/C=C(\C=C/C=C/CC1=CCCC=C1)/C=C1\CC/C=C\C=C/CC12CCCC2. The minimum absolute atomic E-state index is 0.334. The van der Waals surface area contributed by atoms with Gasteiger partial charge in [0.15, 0.2) is 0 Å². The molecular weight excluding hydrogens is 410 g/mol. The zero-order valence-electron chi connectivity index (χ0n) is 20.6. The average Bonchev–Trinajstić information content (AvgIpc) is 3.37. The van der Waals surface area contributed by atoms with Crippen molar-refractivity contribution in [3.8, 4) is 0 Å². The average molecular weight is 452 g/mol. The van der Waals surface area contributed by atoms with Crippen LogP contribution in [0, 0.1) is 5.41 Å². The van der Waals surface area contributed by atoms with Gasteiger partial charge in [-0.1, -0.05) is 122 Å². The fourth-order valence-electron chi connectivity index (χ4n) is 5.03. The van der Waals surface area contributed by atoms with E-state index < -0.39 is 0 Å². The van der Waals surface area contributed by atoms with Crippen LogP contribution in [-0.4, -0.2) is 0 Å². The Morgan fingerprint density at radius 3 is 2.50 bits per heavy atom. The van der Waals surface area contributed by atoms with Gasteiger partial charge in [-0.15, -0.1) is 0 Å². The van der Waals surface area contributed by atoms with Crippen molar-refractivity contribution in [2.45, 2.75) is 64.2 Å². The van der Waals surface area contributed by atoms with Gasteiger partial charge in [-0.3, -0.25) is 0 Å². The van der Waals surface area contributed by atoms with E-state index in [-0.39, 0.29) is 0 Å². The Morgan fingerprint density at radius 1 is 0.853 bits per heavy atom. The van der Waals surface area contributed by atoms with Crippen molar-refractivity contribution in [1.29, 1.82) is 0 Å². The van der Waals surface area contributed by atoms with Gasteiger partial charge < -0.3 is 5.73 Å². The highest BCUT2D eigenvalue weighted by Gasteiger charge is 2.35. The lowest BCUT2D eigenvalue weighted by Gasteiger charge is -2.31. The van der Waals surface area contributed by atoms with E-state index in [0.29, 0.717) is 5.41 Å². The molecule has 2 N–H and O–H groups in total. The number of hydrogen-bond acceptors (Lipinski definition) is 1. The van der Waals surface area contributed by atoms with Gasteiger partial charge in [0, 0.05) is 0 Å². The molecule has 0 saturated heterocycles. The van der Waals surface area contributed by atoms with Gasteiger partial charge in [0.1, 0.15) is 0 Å². The van der Waals surface area contributed by atoms with Crippen LogP contribution in [0.2, 0.25) is 0 Å².